The minimum atomic E-state index is -1.59. The molecule has 0 bridgehead atoms. The van der Waals surface area contributed by atoms with Crippen molar-refractivity contribution >= 4 is 55.4 Å². The standard InChI is InChI=1S/C27H23N3O7/c1-29-25(35)18-16-11-6-2-4-8-13(11)28-20(16)21-17(19(18)26(29)36)12-7-3-5-9-14(12)30(21)27-24(34)23(33)22(32)15(10-31)37-27/h2-9,15,22-24,27-28,31-34H,10H2,1H3/t15?,22-,23?,24?,27-/m0/s1. The van der Waals surface area contributed by atoms with Crippen LogP contribution in [0, 0.1) is 0 Å². The van der Waals surface area contributed by atoms with Gasteiger partial charge in [-0.1, -0.05) is 36.4 Å². The fraction of sp³-hybridized carbons (Fsp3) is 0.259. The third kappa shape index (κ3) is 2.70. The van der Waals surface area contributed by atoms with Crippen LogP contribution in [0.1, 0.15) is 26.9 Å². The van der Waals surface area contributed by atoms with Crippen molar-refractivity contribution in [1.82, 2.24) is 14.5 Å². The number of aliphatic hydroxyl groups excluding tert-OH is 4. The SMILES string of the molecule is CN1C(=O)c2c(c3c4ccccc4n([C@H]4OC(CO)[C@H](O)C(O)C4O)c3c3[nH]c4ccccc4c23)C1=O. The molecular formula is C27H23N3O7. The first-order valence-corrected chi connectivity index (χ1v) is 12.0. The highest BCUT2D eigenvalue weighted by Crippen LogP contribution is 2.47. The first-order chi connectivity index (χ1) is 17.8. The number of benzene rings is 3. The molecule has 5 N–H and O–H groups in total. The molecule has 188 valence electrons. The molecule has 10 heteroatoms. The number of nitrogens with one attached hydrogen (secondary N) is 1. The number of aromatic nitrogens is 2. The smallest absolute Gasteiger partial charge is 0.262 e. The second-order valence-corrected chi connectivity index (χ2v) is 9.67. The maximum Gasteiger partial charge on any atom is 0.262 e. The molecule has 10 nitrogen and oxygen atoms in total. The Labute approximate surface area is 208 Å². The summed E-state index contributed by atoms with van der Waals surface area (Å²) in [5, 5.41) is 44.4. The molecule has 2 aliphatic rings. The summed E-state index contributed by atoms with van der Waals surface area (Å²) in [6.45, 7) is -0.576. The lowest BCUT2D eigenvalue weighted by molar-refractivity contribution is -0.249. The van der Waals surface area contributed by atoms with E-state index in [4.69, 9.17) is 4.74 Å². The van der Waals surface area contributed by atoms with E-state index in [0.29, 0.717) is 38.3 Å². The van der Waals surface area contributed by atoms with E-state index in [9.17, 15) is 30.0 Å². The lowest BCUT2D eigenvalue weighted by Crippen LogP contribution is -2.56. The van der Waals surface area contributed by atoms with E-state index in [1.165, 1.54) is 7.05 Å². The number of ether oxygens (including phenoxy) is 1. The largest absolute Gasteiger partial charge is 0.394 e. The van der Waals surface area contributed by atoms with Gasteiger partial charge in [-0.2, -0.15) is 0 Å². The van der Waals surface area contributed by atoms with E-state index in [0.717, 1.165) is 15.8 Å². The average Bonchev–Trinajstić information content (AvgIpc) is 3.53. The average molecular weight is 501 g/mol. The zero-order chi connectivity index (χ0) is 25.7. The van der Waals surface area contributed by atoms with Crippen LogP contribution >= 0.6 is 0 Å². The lowest BCUT2D eigenvalue weighted by Gasteiger charge is -2.41. The molecule has 1 fully saturated rings. The summed E-state index contributed by atoms with van der Waals surface area (Å²) in [5.74, 6) is -0.838. The minimum Gasteiger partial charge on any atom is -0.394 e. The van der Waals surface area contributed by atoms with Gasteiger partial charge in [0.1, 0.15) is 24.4 Å². The summed E-state index contributed by atoms with van der Waals surface area (Å²) in [4.78, 5) is 31.4. The second-order valence-electron chi connectivity index (χ2n) is 9.67. The Morgan fingerprint density at radius 3 is 2.24 bits per heavy atom. The van der Waals surface area contributed by atoms with Crippen LogP contribution < -0.4 is 0 Å². The first kappa shape index (κ1) is 22.4. The van der Waals surface area contributed by atoms with Crippen molar-refractivity contribution in [2.75, 3.05) is 13.7 Å². The molecule has 5 atom stereocenters. The van der Waals surface area contributed by atoms with Crippen molar-refractivity contribution in [2.24, 2.45) is 0 Å². The third-order valence-corrected chi connectivity index (χ3v) is 7.76. The zero-order valence-electron chi connectivity index (χ0n) is 19.6. The van der Waals surface area contributed by atoms with Crippen LogP contribution in [0.25, 0.3) is 43.6 Å². The van der Waals surface area contributed by atoms with E-state index in [-0.39, 0.29) is 5.56 Å². The second kappa shape index (κ2) is 7.60. The van der Waals surface area contributed by atoms with Crippen LogP contribution in [0.3, 0.4) is 0 Å². The van der Waals surface area contributed by atoms with Gasteiger partial charge in [-0.15, -0.1) is 0 Å². The Balaban J connectivity index is 1.71. The Bertz CT molecular complexity index is 1790. The van der Waals surface area contributed by atoms with Crippen LogP contribution in [0.15, 0.2) is 48.5 Å². The predicted octanol–water partition coefficient (Wildman–Crippen LogP) is 1.63. The van der Waals surface area contributed by atoms with Crippen molar-refractivity contribution < 1.29 is 34.8 Å². The fourth-order valence-electron chi connectivity index (χ4n) is 6.01. The van der Waals surface area contributed by atoms with E-state index in [1.807, 2.05) is 36.4 Å². The molecule has 0 aliphatic carbocycles. The number of carbonyl (C=O) groups excluding carboxylic acids is 2. The fourth-order valence-corrected chi connectivity index (χ4v) is 6.01. The lowest BCUT2D eigenvalue weighted by atomic mass is 9.96. The number of H-pyrrole nitrogens is 1. The summed E-state index contributed by atoms with van der Waals surface area (Å²) in [7, 11) is 1.45. The van der Waals surface area contributed by atoms with Gasteiger partial charge in [0.05, 0.1) is 34.3 Å². The summed E-state index contributed by atoms with van der Waals surface area (Å²) in [6.07, 6.45) is -7.00. The molecule has 2 aliphatic heterocycles. The van der Waals surface area contributed by atoms with Crippen molar-refractivity contribution in [2.45, 2.75) is 30.6 Å². The van der Waals surface area contributed by atoms with Gasteiger partial charge in [0.15, 0.2) is 6.23 Å². The molecule has 4 heterocycles. The van der Waals surface area contributed by atoms with Crippen LogP contribution in [-0.4, -0.2) is 84.8 Å². The van der Waals surface area contributed by atoms with Crippen LogP contribution in [0.2, 0.25) is 0 Å². The Kier molecular flexibility index (Phi) is 4.60. The molecule has 37 heavy (non-hydrogen) atoms. The maximum atomic E-state index is 13.5. The maximum absolute atomic E-state index is 13.5. The van der Waals surface area contributed by atoms with Gasteiger partial charge in [0, 0.05) is 34.1 Å². The number of rotatable bonds is 2. The summed E-state index contributed by atoms with van der Waals surface area (Å²) < 4.78 is 7.66. The number of nitrogens with zero attached hydrogens (tertiary/aromatic N) is 2. The number of aliphatic hydroxyl groups is 4. The van der Waals surface area contributed by atoms with Crippen molar-refractivity contribution in [3.8, 4) is 0 Å². The number of hydrogen-bond acceptors (Lipinski definition) is 7. The quantitative estimate of drug-likeness (QED) is 0.231. The molecule has 0 spiro atoms. The molecule has 3 unspecified atom stereocenters. The van der Waals surface area contributed by atoms with E-state index >= 15 is 0 Å². The Hall–Kier alpha value is -3.80. The monoisotopic (exact) mass is 501 g/mol. The molecule has 3 aromatic carbocycles. The Morgan fingerprint density at radius 1 is 0.865 bits per heavy atom. The molecule has 0 radical (unpaired) electrons. The first-order valence-electron chi connectivity index (χ1n) is 12.0. The highest BCUT2D eigenvalue weighted by Gasteiger charge is 2.46. The van der Waals surface area contributed by atoms with Crippen molar-refractivity contribution in [3.05, 3.63) is 59.7 Å². The van der Waals surface area contributed by atoms with Gasteiger partial charge >= 0.3 is 0 Å². The minimum absolute atomic E-state index is 0.263. The normalized spacial score (nSPS) is 26.3. The van der Waals surface area contributed by atoms with Crippen LogP contribution in [-0.2, 0) is 4.74 Å². The molecule has 0 saturated carbocycles. The van der Waals surface area contributed by atoms with Gasteiger partial charge in [-0.25, -0.2) is 0 Å². The van der Waals surface area contributed by atoms with Gasteiger partial charge in [0.2, 0.25) is 0 Å². The van der Waals surface area contributed by atoms with Gasteiger partial charge in [-0.05, 0) is 12.1 Å². The van der Waals surface area contributed by atoms with E-state index < -0.39 is 49.1 Å². The van der Waals surface area contributed by atoms with Gasteiger partial charge in [-0.3, -0.25) is 14.5 Å². The third-order valence-electron chi connectivity index (χ3n) is 7.76. The van der Waals surface area contributed by atoms with Gasteiger partial charge in [0.25, 0.3) is 11.8 Å². The van der Waals surface area contributed by atoms with Gasteiger partial charge < -0.3 is 34.7 Å². The molecule has 5 aromatic rings. The predicted molar refractivity (Wildman–Crippen MR) is 134 cm³/mol. The van der Waals surface area contributed by atoms with E-state index in [2.05, 4.69) is 4.98 Å². The number of hydrogen-bond donors (Lipinski definition) is 5. The number of carbonyl (C=O) groups is 2. The molecule has 7 rings (SSSR count). The molecule has 2 aromatic heterocycles. The zero-order valence-corrected chi connectivity index (χ0v) is 19.6. The highest BCUT2D eigenvalue weighted by atomic mass is 16.6. The van der Waals surface area contributed by atoms with Crippen LogP contribution in [0.4, 0.5) is 0 Å². The molecule has 1 saturated heterocycles. The summed E-state index contributed by atoms with van der Waals surface area (Å²) >= 11 is 0. The number of aromatic amines is 1. The van der Waals surface area contributed by atoms with Crippen LogP contribution in [0.5, 0.6) is 0 Å². The number of imide groups is 1. The number of fused-ring (bicyclic) bond motifs is 10. The highest BCUT2D eigenvalue weighted by molar-refractivity contribution is 6.39. The summed E-state index contributed by atoms with van der Waals surface area (Å²) in [6, 6.07) is 14.7. The number of amides is 2. The molecular weight excluding hydrogens is 478 g/mol. The molecule has 2 amide bonds. The topological polar surface area (TPSA) is 148 Å². The Morgan fingerprint density at radius 2 is 1.51 bits per heavy atom. The van der Waals surface area contributed by atoms with Crippen molar-refractivity contribution in [1.29, 1.82) is 0 Å². The van der Waals surface area contributed by atoms with Crippen molar-refractivity contribution in [3.63, 3.8) is 0 Å². The number of para-hydroxylation sites is 2. The van der Waals surface area contributed by atoms with E-state index in [1.54, 1.807) is 16.7 Å². The summed E-state index contributed by atoms with van der Waals surface area (Å²) in [5.41, 5.74) is 2.99.